The topological polar surface area (TPSA) is 55.4 Å². The summed E-state index contributed by atoms with van der Waals surface area (Å²) in [4.78, 5) is 26.8. The van der Waals surface area contributed by atoms with Crippen molar-refractivity contribution in [2.75, 3.05) is 23.8 Å². The fourth-order valence-electron chi connectivity index (χ4n) is 5.66. The molecule has 2 aromatic rings. The molecule has 5 heteroatoms. The predicted molar refractivity (Wildman–Crippen MR) is 134 cm³/mol. The number of rotatable bonds is 7. The number of carbonyl (C=O) groups excluding carboxylic acids is 2. The van der Waals surface area contributed by atoms with E-state index in [1.54, 1.807) is 0 Å². The number of nitrogens with one attached hydrogen (secondary N) is 1. The summed E-state index contributed by atoms with van der Waals surface area (Å²) in [6.45, 7) is 4.40. The van der Waals surface area contributed by atoms with Gasteiger partial charge in [-0.15, -0.1) is 0 Å². The Kier molecular flexibility index (Phi) is 7.00. The quantitative estimate of drug-likeness (QED) is 0.423. The van der Waals surface area contributed by atoms with Gasteiger partial charge in [0, 0.05) is 0 Å². The number of hydrogen-bond acceptors (Lipinski definition) is 3. The number of hydrogen-bond donors (Lipinski definition) is 1. The van der Waals surface area contributed by atoms with Crippen LogP contribution in [0.1, 0.15) is 55.2 Å². The number of benzene rings is 2. The Labute approximate surface area is 192 Å². The molecule has 0 bridgehead atoms. The Morgan fingerprint density at radius 3 is 2.12 bits per heavy atom. The van der Waals surface area contributed by atoms with Crippen LogP contribution in [-0.2, 0) is 20.9 Å². The standard InChI is InChI=1S/C27H36NO3P/c1-21-11-10-12-22(2)25(21)28-26(30)27(15-16-27)32(17-8-3-4-9-18-32)20-24(29)31-19-23-13-6-5-7-14-23/h5-7,10-14,32H,3-4,8-9,15-20H2,1-2H3,(H,28,30). The van der Waals surface area contributed by atoms with Crippen molar-refractivity contribution in [3.8, 4) is 0 Å². The van der Waals surface area contributed by atoms with Gasteiger partial charge in [0.15, 0.2) is 0 Å². The molecule has 0 spiro atoms. The van der Waals surface area contributed by atoms with Gasteiger partial charge < -0.3 is 0 Å². The molecule has 1 heterocycles. The van der Waals surface area contributed by atoms with Crippen LogP contribution < -0.4 is 5.32 Å². The number of carbonyl (C=O) groups is 2. The van der Waals surface area contributed by atoms with Crippen molar-refractivity contribution in [3.63, 3.8) is 0 Å². The van der Waals surface area contributed by atoms with Gasteiger partial charge >= 0.3 is 192 Å². The minimum absolute atomic E-state index is 0.117. The summed E-state index contributed by atoms with van der Waals surface area (Å²) in [5.41, 5.74) is 4.13. The molecular formula is C27H36NO3P. The zero-order chi connectivity index (χ0) is 22.6. The van der Waals surface area contributed by atoms with E-state index in [1.165, 1.54) is 12.8 Å². The molecule has 1 N–H and O–H groups in total. The van der Waals surface area contributed by atoms with Crippen LogP contribution in [-0.4, -0.2) is 35.5 Å². The second kappa shape index (κ2) is 9.75. The van der Waals surface area contributed by atoms with Crippen molar-refractivity contribution in [1.29, 1.82) is 0 Å². The Balaban J connectivity index is 1.53. The third-order valence-corrected chi connectivity index (χ3v) is 14.0. The summed E-state index contributed by atoms with van der Waals surface area (Å²) < 4.78 is 5.72. The van der Waals surface area contributed by atoms with Gasteiger partial charge in [0.2, 0.25) is 0 Å². The van der Waals surface area contributed by atoms with E-state index in [1.807, 2.05) is 62.4 Å². The summed E-state index contributed by atoms with van der Waals surface area (Å²) in [6, 6.07) is 16.0. The predicted octanol–water partition coefficient (Wildman–Crippen LogP) is 5.84. The molecule has 0 atom stereocenters. The van der Waals surface area contributed by atoms with E-state index in [2.05, 4.69) is 5.32 Å². The minimum atomic E-state index is -2.19. The number of anilines is 1. The Bertz CT molecular complexity index is 940. The van der Waals surface area contributed by atoms with Crippen LogP contribution in [0.4, 0.5) is 5.69 Å². The first-order valence-electron chi connectivity index (χ1n) is 12.0. The molecule has 32 heavy (non-hydrogen) atoms. The van der Waals surface area contributed by atoms with Crippen LogP contribution in [0.2, 0.25) is 0 Å². The van der Waals surface area contributed by atoms with Crippen molar-refractivity contribution in [1.82, 2.24) is 0 Å². The monoisotopic (exact) mass is 453 g/mol. The van der Waals surface area contributed by atoms with Crippen LogP contribution in [0.3, 0.4) is 0 Å². The van der Waals surface area contributed by atoms with Crippen molar-refractivity contribution >= 4 is 24.8 Å². The first-order chi connectivity index (χ1) is 15.5. The number of ether oxygens (including phenoxy) is 1. The van der Waals surface area contributed by atoms with Gasteiger partial charge in [0.05, 0.1) is 0 Å². The summed E-state index contributed by atoms with van der Waals surface area (Å²) in [6.07, 6.45) is 9.13. The van der Waals surface area contributed by atoms with Crippen LogP contribution >= 0.6 is 7.26 Å². The van der Waals surface area contributed by atoms with Crippen LogP contribution in [0, 0.1) is 13.8 Å². The first kappa shape index (κ1) is 23.0. The van der Waals surface area contributed by atoms with E-state index >= 15 is 0 Å². The number of aryl methyl sites for hydroxylation is 2. The zero-order valence-corrected chi connectivity index (χ0v) is 20.4. The third kappa shape index (κ3) is 4.76. The summed E-state index contributed by atoms with van der Waals surface area (Å²) in [5, 5.41) is 2.98. The SMILES string of the molecule is Cc1cccc(C)c1NC(=O)C1([PH]2(CC(=O)OCc3ccccc3)CCCCCC2)CC1. The van der Waals surface area contributed by atoms with Crippen molar-refractivity contribution in [2.45, 2.75) is 64.1 Å². The summed E-state index contributed by atoms with van der Waals surface area (Å²) in [5.74, 6) is 0.0351. The molecule has 0 radical (unpaired) electrons. The Morgan fingerprint density at radius 1 is 0.906 bits per heavy atom. The maximum atomic E-state index is 13.8. The Hall–Kier alpha value is -2.19. The van der Waals surface area contributed by atoms with E-state index in [0.717, 1.165) is 60.4 Å². The van der Waals surface area contributed by atoms with Gasteiger partial charge in [0.25, 0.3) is 0 Å². The molecular weight excluding hydrogens is 417 g/mol. The summed E-state index contributed by atoms with van der Waals surface area (Å²) >= 11 is 0. The Morgan fingerprint density at radius 2 is 1.53 bits per heavy atom. The number of amides is 1. The normalized spacial score (nSPS) is 19.9. The molecule has 1 aliphatic heterocycles. The molecule has 1 aliphatic carbocycles. The molecule has 0 aromatic heterocycles. The molecule has 172 valence electrons. The molecule has 2 aromatic carbocycles. The number of para-hydroxylation sites is 1. The van der Waals surface area contributed by atoms with Crippen molar-refractivity contribution < 1.29 is 14.3 Å². The van der Waals surface area contributed by atoms with Gasteiger partial charge in [-0.2, -0.15) is 0 Å². The van der Waals surface area contributed by atoms with E-state index in [9.17, 15) is 9.59 Å². The maximum absolute atomic E-state index is 13.8. The molecule has 4 rings (SSSR count). The van der Waals surface area contributed by atoms with Gasteiger partial charge in [-0.25, -0.2) is 0 Å². The molecule has 1 saturated heterocycles. The van der Waals surface area contributed by atoms with E-state index < -0.39 is 7.26 Å². The second-order valence-electron chi connectivity index (χ2n) is 9.82. The molecule has 2 fully saturated rings. The average molecular weight is 454 g/mol. The van der Waals surface area contributed by atoms with Crippen LogP contribution in [0.25, 0.3) is 0 Å². The van der Waals surface area contributed by atoms with E-state index in [4.69, 9.17) is 4.74 Å². The van der Waals surface area contributed by atoms with Gasteiger partial charge in [0.1, 0.15) is 0 Å². The van der Waals surface area contributed by atoms with Crippen molar-refractivity contribution in [3.05, 3.63) is 65.2 Å². The van der Waals surface area contributed by atoms with Crippen LogP contribution in [0.15, 0.2) is 48.5 Å². The average Bonchev–Trinajstić information content (AvgIpc) is 3.62. The van der Waals surface area contributed by atoms with Gasteiger partial charge in [-0.05, 0) is 0 Å². The molecule has 4 nitrogen and oxygen atoms in total. The fourth-order valence-corrected chi connectivity index (χ4v) is 11.8. The molecule has 0 unspecified atom stereocenters. The van der Waals surface area contributed by atoms with E-state index in [-0.39, 0.29) is 17.0 Å². The molecule has 1 saturated carbocycles. The zero-order valence-electron chi connectivity index (χ0n) is 19.4. The number of esters is 1. The van der Waals surface area contributed by atoms with Gasteiger partial charge in [-0.1, -0.05) is 0 Å². The van der Waals surface area contributed by atoms with Gasteiger partial charge in [-0.3, -0.25) is 0 Å². The molecule has 1 amide bonds. The second-order valence-corrected chi connectivity index (χ2v) is 14.7. The fraction of sp³-hybridized carbons (Fsp3) is 0.481. The summed E-state index contributed by atoms with van der Waals surface area (Å²) in [7, 11) is -2.19. The van der Waals surface area contributed by atoms with Crippen molar-refractivity contribution in [2.24, 2.45) is 0 Å². The first-order valence-corrected chi connectivity index (χ1v) is 14.7. The van der Waals surface area contributed by atoms with Crippen LogP contribution in [0.5, 0.6) is 0 Å². The molecule has 2 aliphatic rings. The third-order valence-electron chi connectivity index (χ3n) is 7.71. The van der Waals surface area contributed by atoms with E-state index in [0.29, 0.717) is 12.8 Å².